The van der Waals surface area contributed by atoms with Gasteiger partial charge in [-0.25, -0.2) is 0 Å². The lowest BCUT2D eigenvalue weighted by atomic mass is 9.97. The van der Waals surface area contributed by atoms with Crippen LogP contribution in [0.3, 0.4) is 0 Å². The molecule has 1 aromatic rings. The van der Waals surface area contributed by atoms with Crippen LogP contribution in [-0.4, -0.2) is 23.3 Å². The topological polar surface area (TPSA) is 20.3 Å². The maximum absolute atomic E-state index is 11.4. The highest BCUT2D eigenvalue weighted by Crippen LogP contribution is 2.26. The van der Waals surface area contributed by atoms with Crippen LogP contribution in [0, 0.1) is 0 Å². The molecule has 2 nitrogen and oxygen atoms in total. The van der Waals surface area contributed by atoms with E-state index >= 15 is 0 Å². The van der Waals surface area contributed by atoms with E-state index in [9.17, 15) is 4.79 Å². The summed E-state index contributed by atoms with van der Waals surface area (Å²) in [5, 5.41) is 0.793. The molecule has 1 heterocycles. The van der Waals surface area contributed by atoms with Crippen molar-refractivity contribution >= 4 is 33.3 Å². The molecule has 0 spiro atoms. The predicted octanol–water partition coefficient (Wildman–Crippen LogP) is 4.44. The van der Waals surface area contributed by atoms with Crippen molar-refractivity contribution in [3.63, 3.8) is 0 Å². The Morgan fingerprint density at radius 2 is 2.26 bits per heavy atom. The molecule has 1 saturated heterocycles. The van der Waals surface area contributed by atoms with Crippen molar-refractivity contribution in [2.45, 2.75) is 45.2 Å². The van der Waals surface area contributed by atoms with Crippen LogP contribution >= 0.6 is 27.5 Å². The third kappa shape index (κ3) is 4.30. The number of likely N-dealkylation sites (tertiary alicyclic amines) is 1. The number of nitrogens with zero attached hydrogens (tertiary/aromatic N) is 1. The Kier molecular flexibility index (Phi) is 5.43. The molecule has 19 heavy (non-hydrogen) atoms. The van der Waals surface area contributed by atoms with E-state index in [1.54, 1.807) is 6.92 Å². The number of halogens is 2. The van der Waals surface area contributed by atoms with Crippen molar-refractivity contribution in [1.29, 1.82) is 0 Å². The lowest BCUT2D eigenvalue weighted by Crippen LogP contribution is -2.40. The van der Waals surface area contributed by atoms with Gasteiger partial charge in [-0.2, -0.15) is 0 Å². The Hall–Kier alpha value is -0.380. The molecule has 2 rings (SSSR count). The average Bonchev–Trinajstić information content (AvgIpc) is 2.34. The molecular weight excluding hydrogens is 326 g/mol. The molecular formula is C15H19BrClNO. The molecule has 0 amide bonds. The number of carbonyl (C=O) groups is 1. The molecule has 1 aromatic carbocycles. The van der Waals surface area contributed by atoms with Crippen molar-refractivity contribution in [1.82, 2.24) is 4.90 Å². The molecule has 0 aromatic heterocycles. The van der Waals surface area contributed by atoms with Gasteiger partial charge in [-0.05, 0) is 44.0 Å². The summed E-state index contributed by atoms with van der Waals surface area (Å²) in [6.07, 6.45) is 4.22. The number of rotatable bonds is 4. The van der Waals surface area contributed by atoms with Gasteiger partial charge in [-0.1, -0.05) is 40.0 Å². The van der Waals surface area contributed by atoms with Crippen LogP contribution in [0.1, 0.15) is 38.2 Å². The van der Waals surface area contributed by atoms with E-state index in [0.717, 1.165) is 34.6 Å². The molecule has 4 heteroatoms. The average molecular weight is 345 g/mol. The van der Waals surface area contributed by atoms with Crippen LogP contribution < -0.4 is 0 Å². The van der Waals surface area contributed by atoms with Crippen LogP contribution in [-0.2, 0) is 11.3 Å². The zero-order chi connectivity index (χ0) is 13.8. The Bertz CT molecular complexity index is 463. The van der Waals surface area contributed by atoms with E-state index < -0.39 is 0 Å². The fraction of sp³-hybridized carbons (Fsp3) is 0.533. The molecule has 1 unspecified atom stereocenters. The summed E-state index contributed by atoms with van der Waals surface area (Å²) < 4.78 is 1.00. The Morgan fingerprint density at radius 1 is 1.47 bits per heavy atom. The quantitative estimate of drug-likeness (QED) is 0.805. The Labute approximate surface area is 128 Å². The largest absolute Gasteiger partial charge is 0.300 e. The third-order valence-electron chi connectivity index (χ3n) is 3.66. The maximum atomic E-state index is 11.4. The monoisotopic (exact) mass is 343 g/mol. The summed E-state index contributed by atoms with van der Waals surface area (Å²) in [5.74, 6) is 0.277. The van der Waals surface area contributed by atoms with Crippen molar-refractivity contribution in [2.75, 3.05) is 6.54 Å². The van der Waals surface area contributed by atoms with E-state index in [-0.39, 0.29) is 5.78 Å². The van der Waals surface area contributed by atoms with Gasteiger partial charge in [-0.15, -0.1) is 0 Å². The van der Waals surface area contributed by atoms with Crippen molar-refractivity contribution in [3.05, 3.63) is 33.3 Å². The van der Waals surface area contributed by atoms with E-state index in [1.165, 1.54) is 12.8 Å². The van der Waals surface area contributed by atoms with Gasteiger partial charge in [0.05, 0.1) is 0 Å². The number of hydrogen-bond donors (Lipinski definition) is 0. The molecule has 0 N–H and O–H groups in total. The minimum absolute atomic E-state index is 0.277. The van der Waals surface area contributed by atoms with E-state index in [2.05, 4.69) is 26.9 Å². The smallest absolute Gasteiger partial charge is 0.131 e. The highest BCUT2D eigenvalue weighted by atomic mass is 79.9. The van der Waals surface area contributed by atoms with Gasteiger partial charge in [0.15, 0.2) is 0 Å². The summed E-state index contributed by atoms with van der Waals surface area (Å²) in [6.45, 7) is 3.58. The molecule has 1 atom stereocenters. The van der Waals surface area contributed by atoms with E-state index in [4.69, 9.17) is 11.6 Å². The van der Waals surface area contributed by atoms with Gasteiger partial charge in [0.25, 0.3) is 0 Å². The lowest BCUT2D eigenvalue weighted by Gasteiger charge is -2.35. The first kappa shape index (κ1) is 15.0. The number of carbonyl (C=O) groups excluding carboxylic acids is 1. The van der Waals surface area contributed by atoms with E-state index in [0.29, 0.717) is 12.5 Å². The van der Waals surface area contributed by atoms with Gasteiger partial charge < -0.3 is 0 Å². The fourth-order valence-electron chi connectivity index (χ4n) is 2.70. The minimum atomic E-state index is 0.277. The van der Waals surface area contributed by atoms with Gasteiger partial charge in [0, 0.05) is 28.5 Å². The number of ketones is 1. The molecule has 1 fully saturated rings. The molecule has 0 bridgehead atoms. The van der Waals surface area contributed by atoms with Crippen molar-refractivity contribution < 1.29 is 4.79 Å². The molecule has 1 aliphatic rings. The highest BCUT2D eigenvalue weighted by Gasteiger charge is 2.24. The standard InChI is InChI=1S/C15H19BrClNO/c1-11(19)8-14-4-2-3-7-18(14)10-12-5-6-13(16)9-15(12)17/h5-6,9,14H,2-4,7-8,10H2,1H3. The number of benzene rings is 1. The van der Waals surface area contributed by atoms with Crippen LogP contribution in [0.5, 0.6) is 0 Å². The normalized spacial score (nSPS) is 20.5. The first-order valence-electron chi connectivity index (χ1n) is 6.73. The highest BCUT2D eigenvalue weighted by molar-refractivity contribution is 9.10. The first-order valence-corrected chi connectivity index (χ1v) is 7.91. The summed E-state index contributed by atoms with van der Waals surface area (Å²) in [4.78, 5) is 13.8. The summed E-state index contributed by atoms with van der Waals surface area (Å²) in [5.41, 5.74) is 1.14. The number of piperidine rings is 1. The predicted molar refractivity (Wildman–Crippen MR) is 82.5 cm³/mol. The van der Waals surface area contributed by atoms with Gasteiger partial charge in [-0.3, -0.25) is 9.69 Å². The van der Waals surface area contributed by atoms with E-state index in [1.807, 2.05) is 12.1 Å². The Morgan fingerprint density at radius 3 is 2.95 bits per heavy atom. The van der Waals surface area contributed by atoms with Crippen LogP contribution in [0.2, 0.25) is 5.02 Å². The third-order valence-corrected chi connectivity index (χ3v) is 4.51. The second-order valence-corrected chi connectivity index (χ2v) is 6.58. The van der Waals surface area contributed by atoms with Crippen LogP contribution in [0.15, 0.2) is 22.7 Å². The second-order valence-electron chi connectivity index (χ2n) is 5.26. The molecule has 0 radical (unpaired) electrons. The minimum Gasteiger partial charge on any atom is -0.300 e. The zero-order valence-electron chi connectivity index (χ0n) is 11.2. The number of hydrogen-bond acceptors (Lipinski definition) is 2. The molecule has 0 aliphatic carbocycles. The number of Topliss-reactive ketones (excluding diaryl/α,β-unsaturated/α-hetero) is 1. The van der Waals surface area contributed by atoms with Gasteiger partial charge in [0.1, 0.15) is 5.78 Å². The maximum Gasteiger partial charge on any atom is 0.131 e. The molecule has 1 aliphatic heterocycles. The first-order chi connectivity index (χ1) is 9.06. The molecule has 0 saturated carbocycles. The van der Waals surface area contributed by atoms with Gasteiger partial charge >= 0.3 is 0 Å². The Balaban J connectivity index is 2.08. The zero-order valence-corrected chi connectivity index (χ0v) is 13.5. The lowest BCUT2D eigenvalue weighted by molar-refractivity contribution is -0.118. The van der Waals surface area contributed by atoms with Gasteiger partial charge in [0.2, 0.25) is 0 Å². The van der Waals surface area contributed by atoms with Crippen LogP contribution in [0.4, 0.5) is 0 Å². The van der Waals surface area contributed by atoms with Crippen molar-refractivity contribution in [2.24, 2.45) is 0 Å². The summed E-state index contributed by atoms with van der Waals surface area (Å²) >= 11 is 9.70. The summed E-state index contributed by atoms with van der Waals surface area (Å²) in [6, 6.07) is 6.39. The second kappa shape index (κ2) is 6.87. The summed E-state index contributed by atoms with van der Waals surface area (Å²) in [7, 11) is 0. The van der Waals surface area contributed by atoms with Crippen LogP contribution in [0.25, 0.3) is 0 Å². The van der Waals surface area contributed by atoms with Crippen molar-refractivity contribution in [3.8, 4) is 0 Å². The fourth-order valence-corrected chi connectivity index (χ4v) is 3.43. The molecule has 104 valence electrons. The SMILES string of the molecule is CC(=O)CC1CCCCN1Cc1ccc(Br)cc1Cl.